The molecule has 51 valence electrons. The third-order valence-corrected chi connectivity index (χ3v) is 1.60. The summed E-state index contributed by atoms with van der Waals surface area (Å²) in [5.41, 5.74) is 0.732. The van der Waals surface area contributed by atoms with Crippen molar-refractivity contribution in [1.82, 2.24) is 0 Å². The number of rotatable bonds is 1. The molecule has 0 aromatic heterocycles. The third kappa shape index (κ3) is 1.42. The van der Waals surface area contributed by atoms with E-state index < -0.39 is 11.6 Å². The van der Waals surface area contributed by atoms with E-state index in [9.17, 15) is 8.78 Å². The Bertz CT molecular complexity index is 235. The van der Waals surface area contributed by atoms with Crippen LogP contribution >= 0.6 is 0 Å². The van der Waals surface area contributed by atoms with Crippen LogP contribution in [-0.2, 0) is 6.04 Å². The highest BCUT2D eigenvalue weighted by molar-refractivity contribution is 6.08. The second-order valence-corrected chi connectivity index (χ2v) is 2.28. The molecule has 10 heavy (non-hydrogen) atoms. The molecule has 1 aromatic carbocycles. The minimum absolute atomic E-state index is 0.539. The molecular formula is C7H5F2Si. The molecule has 0 heterocycles. The molecule has 1 aromatic rings. The average Bonchev–Trinajstić information content (AvgIpc) is 1.95. The first kappa shape index (κ1) is 7.40. The van der Waals surface area contributed by atoms with Gasteiger partial charge in [-0.1, -0.05) is 6.07 Å². The first-order valence-corrected chi connectivity index (χ1v) is 3.53. The summed E-state index contributed by atoms with van der Waals surface area (Å²) in [6, 6.07) is 4.36. The summed E-state index contributed by atoms with van der Waals surface area (Å²) in [6.07, 6.45) is 0. The zero-order chi connectivity index (χ0) is 7.56. The molecular weight excluding hydrogens is 150 g/mol. The van der Waals surface area contributed by atoms with Gasteiger partial charge in [0.25, 0.3) is 0 Å². The molecule has 0 nitrogen and oxygen atoms in total. The van der Waals surface area contributed by atoms with Gasteiger partial charge >= 0.3 is 0 Å². The topological polar surface area (TPSA) is 0 Å². The van der Waals surface area contributed by atoms with Gasteiger partial charge in [-0.3, -0.25) is 0 Å². The van der Waals surface area contributed by atoms with Gasteiger partial charge in [0, 0.05) is 10.2 Å². The van der Waals surface area contributed by atoms with Crippen molar-refractivity contribution in [2.75, 3.05) is 0 Å². The van der Waals surface area contributed by atoms with Crippen molar-refractivity contribution in [2.45, 2.75) is 6.04 Å². The summed E-state index contributed by atoms with van der Waals surface area (Å²) in [5.74, 6) is -1.60. The Labute approximate surface area is 61.3 Å². The fourth-order valence-electron chi connectivity index (χ4n) is 0.650. The molecule has 0 bridgehead atoms. The van der Waals surface area contributed by atoms with E-state index in [0.29, 0.717) is 6.04 Å². The standard InChI is InChI=1S/C7H5F2Si/c8-6-2-1-5(4-10)3-7(6)9/h1-3H,4H2. The lowest BCUT2D eigenvalue weighted by Crippen LogP contribution is -1.88. The Kier molecular flexibility index (Phi) is 2.16. The molecule has 0 unspecified atom stereocenters. The van der Waals surface area contributed by atoms with Crippen LogP contribution in [0.4, 0.5) is 8.78 Å². The van der Waals surface area contributed by atoms with Gasteiger partial charge in [0.2, 0.25) is 0 Å². The van der Waals surface area contributed by atoms with Crippen molar-refractivity contribution in [2.24, 2.45) is 0 Å². The Morgan fingerprint density at radius 2 is 1.90 bits per heavy atom. The lowest BCUT2D eigenvalue weighted by Gasteiger charge is -1.95. The van der Waals surface area contributed by atoms with Crippen LogP contribution in [0.1, 0.15) is 5.56 Å². The van der Waals surface area contributed by atoms with E-state index in [4.69, 9.17) is 0 Å². The smallest absolute Gasteiger partial charge is 0.159 e. The normalized spacial score (nSPS) is 9.90. The predicted molar refractivity (Wildman–Crippen MR) is 35.8 cm³/mol. The van der Waals surface area contributed by atoms with Gasteiger partial charge in [0.05, 0.1) is 0 Å². The molecule has 1 rings (SSSR count). The second-order valence-electron chi connectivity index (χ2n) is 1.93. The van der Waals surface area contributed by atoms with E-state index in [1.165, 1.54) is 12.1 Å². The van der Waals surface area contributed by atoms with E-state index in [0.717, 1.165) is 11.6 Å². The summed E-state index contributed by atoms with van der Waals surface area (Å²) in [6.45, 7) is 0. The third-order valence-electron chi connectivity index (χ3n) is 1.19. The highest BCUT2D eigenvalue weighted by Crippen LogP contribution is 2.07. The lowest BCUT2D eigenvalue weighted by atomic mass is 10.2. The summed E-state index contributed by atoms with van der Waals surface area (Å²) >= 11 is 0. The van der Waals surface area contributed by atoms with Crippen molar-refractivity contribution < 1.29 is 8.78 Å². The minimum atomic E-state index is -0.802. The molecule has 0 saturated heterocycles. The quantitative estimate of drug-likeness (QED) is 0.541. The SMILES string of the molecule is Fc1ccc(C[Si])cc1F. The molecule has 0 fully saturated rings. The van der Waals surface area contributed by atoms with Crippen LogP contribution in [0.25, 0.3) is 0 Å². The highest BCUT2D eigenvalue weighted by atomic mass is 28.1. The first-order chi connectivity index (χ1) is 4.74. The van der Waals surface area contributed by atoms with Gasteiger partial charge in [-0.05, 0) is 23.7 Å². The maximum absolute atomic E-state index is 12.4. The largest absolute Gasteiger partial charge is 0.204 e. The summed E-state index contributed by atoms with van der Waals surface area (Å²) in [4.78, 5) is 0. The van der Waals surface area contributed by atoms with Crippen LogP contribution in [0.5, 0.6) is 0 Å². The van der Waals surface area contributed by atoms with Crippen LogP contribution in [-0.4, -0.2) is 10.2 Å². The molecule has 0 saturated carbocycles. The maximum Gasteiger partial charge on any atom is 0.159 e. The fraction of sp³-hybridized carbons (Fsp3) is 0.143. The van der Waals surface area contributed by atoms with Gasteiger partial charge in [-0.2, -0.15) is 0 Å². The van der Waals surface area contributed by atoms with Crippen LogP contribution in [0.3, 0.4) is 0 Å². The van der Waals surface area contributed by atoms with E-state index in [2.05, 4.69) is 10.2 Å². The van der Waals surface area contributed by atoms with Crippen molar-refractivity contribution in [1.29, 1.82) is 0 Å². The summed E-state index contributed by atoms with van der Waals surface area (Å²) in [5, 5.41) is 0. The highest BCUT2D eigenvalue weighted by Gasteiger charge is 1.99. The van der Waals surface area contributed by atoms with Crippen molar-refractivity contribution >= 4 is 10.2 Å². The van der Waals surface area contributed by atoms with Crippen LogP contribution < -0.4 is 0 Å². The van der Waals surface area contributed by atoms with Crippen LogP contribution in [0.2, 0.25) is 0 Å². The van der Waals surface area contributed by atoms with Gasteiger partial charge in [0.1, 0.15) is 0 Å². The summed E-state index contributed by atoms with van der Waals surface area (Å²) in [7, 11) is 3.17. The zero-order valence-electron chi connectivity index (χ0n) is 5.20. The average molecular weight is 155 g/mol. The minimum Gasteiger partial charge on any atom is -0.204 e. The first-order valence-electron chi connectivity index (χ1n) is 2.82. The van der Waals surface area contributed by atoms with Gasteiger partial charge in [-0.15, -0.1) is 0 Å². The molecule has 0 aliphatic carbocycles. The molecule has 0 atom stereocenters. The van der Waals surface area contributed by atoms with Crippen molar-refractivity contribution in [3.63, 3.8) is 0 Å². The molecule has 0 aliphatic rings. The van der Waals surface area contributed by atoms with E-state index in [-0.39, 0.29) is 0 Å². The van der Waals surface area contributed by atoms with Crippen molar-refractivity contribution in [3.05, 3.63) is 35.4 Å². The van der Waals surface area contributed by atoms with Gasteiger partial charge in [-0.25, -0.2) is 8.78 Å². The van der Waals surface area contributed by atoms with E-state index >= 15 is 0 Å². The van der Waals surface area contributed by atoms with Crippen LogP contribution in [0, 0.1) is 11.6 Å². The number of hydrogen-bond acceptors (Lipinski definition) is 0. The Balaban J connectivity index is 3.04. The predicted octanol–water partition coefficient (Wildman–Crippen LogP) is 1.63. The van der Waals surface area contributed by atoms with E-state index in [1.54, 1.807) is 0 Å². The molecule has 0 N–H and O–H groups in total. The Morgan fingerprint density at radius 1 is 1.20 bits per heavy atom. The van der Waals surface area contributed by atoms with E-state index in [1.807, 2.05) is 0 Å². The van der Waals surface area contributed by atoms with Crippen molar-refractivity contribution in [3.8, 4) is 0 Å². The monoisotopic (exact) mass is 155 g/mol. The van der Waals surface area contributed by atoms with Gasteiger partial charge in [0.15, 0.2) is 11.6 Å². The number of halogens is 2. The lowest BCUT2D eigenvalue weighted by molar-refractivity contribution is 0.507. The fourth-order valence-corrected chi connectivity index (χ4v) is 0.870. The summed E-state index contributed by atoms with van der Waals surface area (Å²) < 4.78 is 24.6. The Morgan fingerprint density at radius 3 is 2.40 bits per heavy atom. The zero-order valence-corrected chi connectivity index (χ0v) is 6.20. The second kappa shape index (κ2) is 2.92. The molecule has 0 aliphatic heterocycles. The number of hydrogen-bond donors (Lipinski definition) is 0. The molecule has 3 radical (unpaired) electrons. The molecule has 0 amide bonds. The molecule has 0 spiro atoms. The Hall–Kier alpha value is -0.703. The molecule has 3 heteroatoms. The van der Waals surface area contributed by atoms with Gasteiger partial charge < -0.3 is 0 Å². The maximum atomic E-state index is 12.4. The van der Waals surface area contributed by atoms with Crippen LogP contribution in [0.15, 0.2) is 18.2 Å². The number of benzene rings is 1.